The summed E-state index contributed by atoms with van der Waals surface area (Å²) in [6.45, 7) is 8.40. The predicted octanol–water partition coefficient (Wildman–Crippen LogP) is 1.64. The monoisotopic (exact) mass is 249 g/mol. The van der Waals surface area contributed by atoms with Gasteiger partial charge in [0.2, 0.25) is 5.91 Å². The molecule has 1 rings (SSSR count). The number of carbonyl (C=O) groups is 1. The van der Waals surface area contributed by atoms with E-state index in [1.165, 1.54) is 0 Å². The van der Waals surface area contributed by atoms with E-state index in [0.717, 1.165) is 24.2 Å². The van der Waals surface area contributed by atoms with Crippen LogP contribution in [0.3, 0.4) is 0 Å². The van der Waals surface area contributed by atoms with Crippen molar-refractivity contribution >= 4 is 5.91 Å². The zero-order valence-corrected chi connectivity index (χ0v) is 11.5. The van der Waals surface area contributed by atoms with Crippen LogP contribution in [0, 0.1) is 12.8 Å². The first-order valence-corrected chi connectivity index (χ1v) is 6.46. The summed E-state index contributed by atoms with van der Waals surface area (Å²) in [6.07, 6.45) is 4.20. The lowest BCUT2D eigenvalue weighted by atomic mass is 10.2. The minimum Gasteiger partial charge on any atom is -0.356 e. The van der Waals surface area contributed by atoms with Crippen molar-refractivity contribution in [1.82, 2.24) is 15.6 Å². The standard InChI is InChI=1S/C14H23N3O/c1-11(2)7-17-14(18)4-5-15-9-13-6-12(3)8-16-10-13/h6,8,10-11,15H,4-5,7,9H2,1-3H3,(H,17,18). The fourth-order valence-corrected chi connectivity index (χ4v) is 1.56. The van der Waals surface area contributed by atoms with Crippen molar-refractivity contribution in [3.8, 4) is 0 Å². The van der Waals surface area contributed by atoms with Gasteiger partial charge in [0.1, 0.15) is 0 Å². The Labute approximate surface area is 109 Å². The molecule has 0 aliphatic heterocycles. The molecule has 2 N–H and O–H groups in total. The molecule has 18 heavy (non-hydrogen) atoms. The fourth-order valence-electron chi connectivity index (χ4n) is 1.56. The zero-order chi connectivity index (χ0) is 13.4. The van der Waals surface area contributed by atoms with E-state index < -0.39 is 0 Å². The van der Waals surface area contributed by atoms with Crippen molar-refractivity contribution in [3.63, 3.8) is 0 Å². The number of pyridine rings is 1. The van der Waals surface area contributed by atoms with Gasteiger partial charge in [-0.2, -0.15) is 0 Å². The van der Waals surface area contributed by atoms with Gasteiger partial charge in [-0.3, -0.25) is 9.78 Å². The summed E-state index contributed by atoms with van der Waals surface area (Å²) in [4.78, 5) is 15.6. The lowest BCUT2D eigenvalue weighted by molar-refractivity contribution is -0.121. The SMILES string of the molecule is Cc1cncc(CNCCC(=O)NCC(C)C)c1. The third kappa shape index (κ3) is 6.35. The van der Waals surface area contributed by atoms with Gasteiger partial charge in [-0.1, -0.05) is 19.9 Å². The molecule has 0 fully saturated rings. The summed E-state index contributed by atoms with van der Waals surface area (Å²) < 4.78 is 0. The van der Waals surface area contributed by atoms with E-state index in [2.05, 4.69) is 35.5 Å². The van der Waals surface area contributed by atoms with Crippen molar-refractivity contribution in [2.45, 2.75) is 33.7 Å². The number of nitrogens with zero attached hydrogens (tertiary/aromatic N) is 1. The van der Waals surface area contributed by atoms with Crippen LogP contribution >= 0.6 is 0 Å². The van der Waals surface area contributed by atoms with Gasteiger partial charge in [-0.15, -0.1) is 0 Å². The van der Waals surface area contributed by atoms with Gasteiger partial charge in [-0.25, -0.2) is 0 Å². The van der Waals surface area contributed by atoms with Crippen LogP contribution < -0.4 is 10.6 Å². The van der Waals surface area contributed by atoms with E-state index in [9.17, 15) is 4.79 Å². The van der Waals surface area contributed by atoms with Crippen LogP contribution in [0.1, 0.15) is 31.4 Å². The molecule has 1 heterocycles. The summed E-state index contributed by atoms with van der Waals surface area (Å²) >= 11 is 0. The number of aryl methyl sites for hydroxylation is 1. The molecule has 4 heteroatoms. The Balaban J connectivity index is 2.13. The molecule has 4 nitrogen and oxygen atoms in total. The Morgan fingerprint density at radius 3 is 2.83 bits per heavy atom. The number of hydrogen-bond donors (Lipinski definition) is 2. The molecule has 0 saturated heterocycles. The smallest absolute Gasteiger partial charge is 0.221 e. The molecule has 0 atom stereocenters. The Hall–Kier alpha value is -1.42. The first-order chi connectivity index (χ1) is 8.58. The summed E-state index contributed by atoms with van der Waals surface area (Å²) in [7, 11) is 0. The van der Waals surface area contributed by atoms with E-state index in [4.69, 9.17) is 0 Å². The van der Waals surface area contributed by atoms with Gasteiger partial charge >= 0.3 is 0 Å². The highest BCUT2D eigenvalue weighted by molar-refractivity contribution is 5.76. The van der Waals surface area contributed by atoms with E-state index in [0.29, 0.717) is 18.9 Å². The quantitative estimate of drug-likeness (QED) is 0.722. The van der Waals surface area contributed by atoms with Crippen LogP contribution in [0.4, 0.5) is 0 Å². The normalized spacial score (nSPS) is 10.7. The third-order valence-corrected chi connectivity index (χ3v) is 2.50. The van der Waals surface area contributed by atoms with E-state index in [1.54, 1.807) is 0 Å². The lowest BCUT2D eigenvalue weighted by Gasteiger charge is -2.08. The molecule has 100 valence electrons. The number of nitrogens with one attached hydrogen (secondary N) is 2. The number of rotatable bonds is 7. The van der Waals surface area contributed by atoms with Gasteiger partial charge < -0.3 is 10.6 Å². The van der Waals surface area contributed by atoms with Crippen molar-refractivity contribution in [3.05, 3.63) is 29.6 Å². The topological polar surface area (TPSA) is 54.0 Å². The number of carbonyl (C=O) groups excluding carboxylic acids is 1. The first kappa shape index (κ1) is 14.6. The van der Waals surface area contributed by atoms with Gasteiger partial charge in [0.25, 0.3) is 0 Å². The molecule has 0 aliphatic carbocycles. The summed E-state index contributed by atoms with van der Waals surface area (Å²) in [5.41, 5.74) is 2.31. The van der Waals surface area contributed by atoms with Crippen LogP contribution in [-0.4, -0.2) is 24.0 Å². The average Bonchev–Trinajstić information content (AvgIpc) is 2.32. The maximum atomic E-state index is 11.4. The first-order valence-electron chi connectivity index (χ1n) is 6.46. The average molecular weight is 249 g/mol. The van der Waals surface area contributed by atoms with Gasteiger partial charge in [0.05, 0.1) is 0 Å². The van der Waals surface area contributed by atoms with Crippen molar-refractivity contribution in [2.24, 2.45) is 5.92 Å². The molecule has 0 aliphatic rings. The Morgan fingerprint density at radius 1 is 1.39 bits per heavy atom. The molecule has 0 spiro atoms. The van der Waals surface area contributed by atoms with Crippen molar-refractivity contribution < 1.29 is 4.79 Å². The van der Waals surface area contributed by atoms with E-state index >= 15 is 0 Å². The Kier molecular flexibility index (Phi) is 6.36. The van der Waals surface area contributed by atoms with Gasteiger partial charge in [-0.05, 0) is 24.0 Å². The lowest BCUT2D eigenvalue weighted by Crippen LogP contribution is -2.30. The van der Waals surface area contributed by atoms with E-state index in [1.807, 2.05) is 19.3 Å². The predicted molar refractivity (Wildman–Crippen MR) is 73.1 cm³/mol. The van der Waals surface area contributed by atoms with E-state index in [-0.39, 0.29) is 5.91 Å². The molecule has 0 bridgehead atoms. The molecule has 1 aromatic rings. The maximum absolute atomic E-state index is 11.4. The summed E-state index contributed by atoms with van der Waals surface area (Å²) in [5, 5.41) is 6.15. The molecule has 0 unspecified atom stereocenters. The molecule has 0 radical (unpaired) electrons. The summed E-state index contributed by atoms with van der Waals surface area (Å²) in [6, 6.07) is 2.10. The molecular weight excluding hydrogens is 226 g/mol. The van der Waals surface area contributed by atoms with Gasteiger partial charge in [0, 0.05) is 38.4 Å². The fraction of sp³-hybridized carbons (Fsp3) is 0.571. The highest BCUT2D eigenvalue weighted by atomic mass is 16.1. The minimum atomic E-state index is 0.110. The number of amides is 1. The Bertz CT molecular complexity index is 377. The molecule has 1 amide bonds. The molecule has 0 aromatic carbocycles. The highest BCUT2D eigenvalue weighted by Crippen LogP contribution is 2.00. The molecule has 1 aromatic heterocycles. The highest BCUT2D eigenvalue weighted by Gasteiger charge is 2.01. The summed E-state index contributed by atoms with van der Waals surface area (Å²) in [5.74, 6) is 0.610. The zero-order valence-electron chi connectivity index (χ0n) is 11.5. The second-order valence-corrected chi connectivity index (χ2v) is 5.00. The number of hydrogen-bond acceptors (Lipinski definition) is 3. The third-order valence-electron chi connectivity index (χ3n) is 2.50. The van der Waals surface area contributed by atoms with Crippen LogP contribution in [0.15, 0.2) is 18.5 Å². The maximum Gasteiger partial charge on any atom is 0.221 e. The van der Waals surface area contributed by atoms with Crippen LogP contribution in [0.25, 0.3) is 0 Å². The van der Waals surface area contributed by atoms with Crippen LogP contribution in [0.2, 0.25) is 0 Å². The van der Waals surface area contributed by atoms with Crippen LogP contribution in [0.5, 0.6) is 0 Å². The number of aromatic nitrogens is 1. The largest absolute Gasteiger partial charge is 0.356 e. The second-order valence-electron chi connectivity index (χ2n) is 5.00. The molecular formula is C14H23N3O. The van der Waals surface area contributed by atoms with Crippen LogP contribution in [-0.2, 0) is 11.3 Å². The molecule has 0 saturated carbocycles. The van der Waals surface area contributed by atoms with Crippen molar-refractivity contribution in [2.75, 3.05) is 13.1 Å². The Morgan fingerprint density at radius 2 is 2.17 bits per heavy atom. The van der Waals surface area contributed by atoms with Gasteiger partial charge in [0.15, 0.2) is 0 Å². The van der Waals surface area contributed by atoms with Crippen molar-refractivity contribution in [1.29, 1.82) is 0 Å². The minimum absolute atomic E-state index is 0.110. The second kappa shape index (κ2) is 7.82.